The van der Waals surface area contributed by atoms with E-state index in [9.17, 15) is 0 Å². The van der Waals surface area contributed by atoms with Crippen LogP contribution < -0.4 is 4.90 Å². The number of nitrogens with zero attached hydrogens (tertiary/aromatic N) is 5. The number of fused-ring (bicyclic) bond motifs is 10. The molecule has 0 atom stereocenters. The Morgan fingerprint density at radius 1 is 0.323 bits per heavy atom. The maximum atomic E-state index is 5.45. The summed E-state index contributed by atoms with van der Waals surface area (Å²) in [7, 11) is 0. The van der Waals surface area contributed by atoms with Crippen molar-refractivity contribution >= 4 is 77.2 Å². The zero-order valence-corrected chi connectivity index (χ0v) is 35.3. The molecule has 0 aliphatic rings. The third-order valence-electron chi connectivity index (χ3n) is 12.9. The van der Waals surface area contributed by atoms with E-state index in [-0.39, 0.29) is 0 Å². The number of hydrogen-bond donors (Lipinski definition) is 0. The summed E-state index contributed by atoms with van der Waals surface area (Å²) in [6.07, 6.45) is 0. The lowest BCUT2D eigenvalue weighted by atomic mass is 9.95. The van der Waals surface area contributed by atoms with E-state index in [1.807, 2.05) is 0 Å². The second kappa shape index (κ2) is 14.9. The second-order valence-electron chi connectivity index (χ2n) is 16.6. The van der Waals surface area contributed by atoms with E-state index in [4.69, 9.17) is 9.97 Å². The van der Waals surface area contributed by atoms with Crippen LogP contribution in [0.1, 0.15) is 0 Å². The van der Waals surface area contributed by atoms with Crippen molar-refractivity contribution in [3.05, 3.63) is 237 Å². The van der Waals surface area contributed by atoms with Gasteiger partial charge in [0, 0.05) is 38.6 Å². The summed E-state index contributed by atoms with van der Waals surface area (Å²) in [6, 6.07) is 84.6. The maximum absolute atomic E-state index is 5.45. The van der Waals surface area contributed by atoms with Gasteiger partial charge in [0.1, 0.15) is 5.65 Å². The van der Waals surface area contributed by atoms with E-state index >= 15 is 0 Å². The quantitative estimate of drug-likeness (QED) is 0.161. The molecule has 0 aliphatic carbocycles. The summed E-state index contributed by atoms with van der Waals surface area (Å²) in [5.41, 5.74) is 16.3. The molecule has 5 heteroatoms. The van der Waals surface area contributed by atoms with Gasteiger partial charge in [-0.15, -0.1) is 0 Å². The summed E-state index contributed by atoms with van der Waals surface area (Å²) in [6.45, 7) is 0. The van der Waals surface area contributed by atoms with Gasteiger partial charge in [0.2, 0.25) is 5.95 Å². The van der Waals surface area contributed by atoms with E-state index in [2.05, 4.69) is 250 Å². The highest BCUT2D eigenvalue weighted by molar-refractivity contribution is 6.22. The van der Waals surface area contributed by atoms with Crippen LogP contribution in [0.15, 0.2) is 237 Å². The van der Waals surface area contributed by atoms with Crippen LogP contribution in [0, 0.1) is 0 Å². The Balaban J connectivity index is 0.980. The minimum Gasteiger partial charge on any atom is -0.311 e. The standard InChI is InChI=1S/C60H39N5/c1-3-15-40(16-4-1)42-27-33-45(34-28-42)63(46-35-29-43(30-36-46)41-17-5-2-6-18-41)47-37-31-44(32-38-47)52-39-53-49-20-10-13-25-56(49)64(58(53)50-21-8-7-19-48(50)52)60-62-54-23-11-9-22-51(54)59-61-55-24-12-14-26-57(55)65(59)60/h1-39H. The Kier molecular flexibility index (Phi) is 8.46. The van der Waals surface area contributed by atoms with E-state index in [1.165, 1.54) is 44.0 Å². The van der Waals surface area contributed by atoms with Gasteiger partial charge in [0.15, 0.2) is 0 Å². The van der Waals surface area contributed by atoms with Gasteiger partial charge in [-0.1, -0.05) is 164 Å². The first-order valence-corrected chi connectivity index (χ1v) is 22.1. The maximum Gasteiger partial charge on any atom is 0.221 e. The summed E-state index contributed by atoms with van der Waals surface area (Å²) in [4.78, 5) is 13.0. The van der Waals surface area contributed by atoms with Crippen LogP contribution in [0.4, 0.5) is 17.1 Å². The van der Waals surface area contributed by atoms with Gasteiger partial charge in [-0.3, -0.25) is 8.97 Å². The van der Waals surface area contributed by atoms with Crippen molar-refractivity contribution in [2.24, 2.45) is 0 Å². The van der Waals surface area contributed by atoms with Gasteiger partial charge in [-0.25, -0.2) is 9.97 Å². The van der Waals surface area contributed by atoms with Crippen molar-refractivity contribution in [2.75, 3.05) is 4.90 Å². The molecule has 5 nitrogen and oxygen atoms in total. The molecule has 3 aromatic heterocycles. The zero-order chi connectivity index (χ0) is 42.8. The van der Waals surface area contributed by atoms with Crippen molar-refractivity contribution in [3.8, 4) is 39.3 Å². The lowest BCUT2D eigenvalue weighted by Crippen LogP contribution is -2.09. The molecule has 0 spiro atoms. The average molecular weight is 830 g/mol. The predicted octanol–water partition coefficient (Wildman–Crippen LogP) is 15.8. The normalized spacial score (nSPS) is 11.7. The molecule has 13 rings (SSSR count). The van der Waals surface area contributed by atoms with Gasteiger partial charge in [0.25, 0.3) is 0 Å². The summed E-state index contributed by atoms with van der Waals surface area (Å²) in [5.74, 6) is 0.814. The fourth-order valence-corrected chi connectivity index (χ4v) is 9.85. The van der Waals surface area contributed by atoms with Crippen molar-refractivity contribution < 1.29 is 0 Å². The van der Waals surface area contributed by atoms with Crippen molar-refractivity contribution in [2.45, 2.75) is 0 Å². The predicted molar refractivity (Wildman–Crippen MR) is 271 cm³/mol. The van der Waals surface area contributed by atoms with Gasteiger partial charge < -0.3 is 4.90 Å². The van der Waals surface area contributed by atoms with Crippen molar-refractivity contribution in [1.82, 2.24) is 18.9 Å². The molecule has 10 aromatic carbocycles. The third-order valence-corrected chi connectivity index (χ3v) is 12.9. The second-order valence-corrected chi connectivity index (χ2v) is 16.6. The molecule has 0 aliphatic heterocycles. The first kappa shape index (κ1) is 36.8. The first-order chi connectivity index (χ1) is 32.2. The Labute approximate surface area is 375 Å². The van der Waals surface area contributed by atoms with Crippen molar-refractivity contribution in [1.29, 1.82) is 0 Å². The minimum atomic E-state index is 0.814. The lowest BCUT2D eigenvalue weighted by molar-refractivity contribution is 0.982. The van der Waals surface area contributed by atoms with Gasteiger partial charge in [0.05, 0.1) is 27.6 Å². The van der Waals surface area contributed by atoms with Crippen LogP contribution in [0.3, 0.4) is 0 Å². The number of aromatic nitrogens is 4. The molecule has 0 fully saturated rings. The third kappa shape index (κ3) is 6.01. The van der Waals surface area contributed by atoms with Crippen LogP contribution >= 0.6 is 0 Å². The number of benzene rings is 10. The Morgan fingerprint density at radius 3 is 1.40 bits per heavy atom. The molecule has 304 valence electrons. The molecule has 0 saturated heterocycles. The SMILES string of the molecule is c1ccc(-c2ccc(N(c3ccc(-c4ccccc4)cc3)c3ccc(-c4cc5c6ccccc6n(-c6nc7ccccc7c7nc8ccccc8n67)c5c5ccccc45)cc3)cc2)cc1. The van der Waals surface area contributed by atoms with Crippen molar-refractivity contribution in [3.63, 3.8) is 0 Å². The molecule has 0 unspecified atom stereocenters. The molecular weight excluding hydrogens is 791 g/mol. The van der Waals surface area contributed by atoms with E-state index in [0.717, 1.165) is 72.6 Å². The topological polar surface area (TPSA) is 38.4 Å². The molecule has 0 bridgehead atoms. The molecule has 0 radical (unpaired) electrons. The van der Waals surface area contributed by atoms with Crippen LogP contribution in [-0.4, -0.2) is 18.9 Å². The lowest BCUT2D eigenvalue weighted by Gasteiger charge is -2.26. The number of anilines is 3. The van der Waals surface area contributed by atoms with Crippen LogP contribution in [-0.2, 0) is 0 Å². The van der Waals surface area contributed by atoms with E-state index < -0.39 is 0 Å². The number of para-hydroxylation sites is 4. The van der Waals surface area contributed by atoms with E-state index in [0.29, 0.717) is 0 Å². The fourth-order valence-electron chi connectivity index (χ4n) is 9.85. The molecular formula is C60H39N5. The number of rotatable bonds is 7. The fraction of sp³-hybridized carbons (Fsp3) is 0. The number of hydrogen-bond acceptors (Lipinski definition) is 3. The molecule has 0 N–H and O–H groups in total. The monoisotopic (exact) mass is 829 g/mol. The highest BCUT2D eigenvalue weighted by Gasteiger charge is 2.23. The van der Waals surface area contributed by atoms with Gasteiger partial charge >= 0.3 is 0 Å². The molecule has 0 amide bonds. The molecule has 3 heterocycles. The minimum absolute atomic E-state index is 0.814. The summed E-state index contributed by atoms with van der Waals surface area (Å²) < 4.78 is 4.60. The van der Waals surface area contributed by atoms with Crippen LogP contribution in [0.5, 0.6) is 0 Å². The average Bonchev–Trinajstić information content (AvgIpc) is 3.94. The van der Waals surface area contributed by atoms with Gasteiger partial charge in [-0.2, -0.15) is 0 Å². The first-order valence-electron chi connectivity index (χ1n) is 22.1. The van der Waals surface area contributed by atoms with Crippen LogP contribution in [0.25, 0.3) is 99.5 Å². The Bertz CT molecular complexity index is 3820. The Morgan fingerprint density at radius 2 is 0.785 bits per heavy atom. The number of imidazole rings is 1. The smallest absolute Gasteiger partial charge is 0.221 e. The molecule has 65 heavy (non-hydrogen) atoms. The largest absolute Gasteiger partial charge is 0.311 e. The highest BCUT2D eigenvalue weighted by atomic mass is 15.2. The summed E-state index contributed by atoms with van der Waals surface area (Å²) >= 11 is 0. The summed E-state index contributed by atoms with van der Waals surface area (Å²) in [5, 5.41) is 5.70. The van der Waals surface area contributed by atoms with Gasteiger partial charge in [-0.05, 0) is 112 Å². The van der Waals surface area contributed by atoms with E-state index in [1.54, 1.807) is 0 Å². The Hall–Kier alpha value is -8.80. The molecule has 13 aromatic rings. The van der Waals surface area contributed by atoms with Crippen LogP contribution in [0.2, 0.25) is 0 Å². The molecule has 0 saturated carbocycles. The highest BCUT2D eigenvalue weighted by Crippen LogP contribution is 2.43. The zero-order valence-electron chi connectivity index (χ0n) is 35.3.